The first-order chi connectivity index (χ1) is 7.25. The van der Waals surface area contributed by atoms with Crippen LogP contribution >= 0.6 is 0 Å². The van der Waals surface area contributed by atoms with Crippen LogP contribution in [-0.2, 0) is 0 Å². The van der Waals surface area contributed by atoms with Crippen LogP contribution in [0.5, 0.6) is 0 Å². The molecular formula is C13H11FI+. The first-order valence-electron chi connectivity index (χ1n) is 4.72. The molecule has 0 amide bonds. The molecule has 2 aromatic carbocycles. The molecule has 0 aliphatic carbocycles. The minimum Gasteiger partial charge on any atom is -0.207 e. The molecule has 0 saturated carbocycles. The van der Waals surface area contributed by atoms with Crippen molar-refractivity contribution in [1.82, 2.24) is 0 Å². The Morgan fingerprint density at radius 2 is 1.73 bits per heavy atom. The second-order valence-corrected chi connectivity index (χ2v) is 6.23. The summed E-state index contributed by atoms with van der Waals surface area (Å²) in [6.45, 7) is 2.04. The molecule has 0 aliphatic heterocycles. The molecule has 0 bridgehead atoms. The van der Waals surface area contributed by atoms with Crippen LogP contribution in [0.3, 0.4) is 0 Å². The average Bonchev–Trinajstić information content (AvgIpc) is 2.25. The standard InChI is InChI=1S/C13H11FI/c1-10-7-8-11(14)9-13(10)15-12-5-3-2-4-6-12/h2-9H,1H3/q+1. The van der Waals surface area contributed by atoms with Crippen LogP contribution in [0.15, 0.2) is 48.5 Å². The predicted octanol–water partition coefficient (Wildman–Crippen LogP) is 0.263. The quantitative estimate of drug-likeness (QED) is 0.698. The van der Waals surface area contributed by atoms with E-state index in [1.54, 1.807) is 6.07 Å². The van der Waals surface area contributed by atoms with Gasteiger partial charge in [-0.2, -0.15) is 0 Å². The molecule has 2 aromatic rings. The highest BCUT2D eigenvalue weighted by atomic mass is 127. The van der Waals surface area contributed by atoms with Crippen molar-refractivity contribution in [3.63, 3.8) is 0 Å². The molecule has 2 heteroatoms. The highest BCUT2D eigenvalue weighted by molar-refractivity contribution is 5.13. The van der Waals surface area contributed by atoms with Gasteiger partial charge in [0.05, 0.1) is 0 Å². The molecule has 0 unspecified atom stereocenters. The zero-order valence-electron chi connectivity index (χ0n) is 8.37. The normalized spacial score (nSPS) is 10.3. The summed E-state index contributed by atoms with van der Waals surface area (Å²) in [4.78, 5) is 0. The van der Waals surface area contributed by atoms with Crippen molar-refractivity contribution in [2.45, 2.75) is 6.92 Å². The molecule has 0 saturated heterocycles. The minimum absolute atomic E-state index is 0.133. The van der Waals surface area contributed by atoms with Gasteiger partial charge in [0.1, 0.15) is 5.82 Å². The average molecular weight is 313 g/mol. The van der Waals surface area contributed by atoms with Crippen molar-refractivity contribution < 1.29 is 25.6 Å². The smallest absolute Gasteiger partial charge is 0.207 e. The van der Waals surface area contributed by atoms with E-state index in [1.807, 2.05) is 31.2 Å². The highest BCUT2D eigenvalue weighted by Crippen LogP contribution is 2.00. The molecule has 76 valence electrons. The number of halogens is 2. The molecule has 0 spiro atoms. The molecular weight excluding hydrogens is 302 g/mol. The Morgan fingerprint density at radius 1 is 1.00 bits per heavy atom. The summed E-state index contributed by atoms with van der Waals surface area (Å²) < 4.78 is 15.6. The fourth-order valence-electron chi connectivity index (χ4n) is 1.26. The fourth-order valence-corrected chi connectivity index (χ4v) is 3.77. The van der Waals surface area contributed by atoms with Crippen molar-refractivity contribution in [1.29, 1.82) is 0 Å². The van der Waals surface area contributed by atoms with E-state index >= 15 is 0 Å². The molecule has 0 heterocycles. The Balaban J connectivity index is 2.28. The lowest BCUT2D eigenvalue weighted by Crippen LogP contribution is -3.61. The van der Waals surface area contributed by atoms with Crippen LogP contribution in [0.25, 0.3) is 0 Å². The molecule has 0 aromatic heterocycles. The summed E-state index contributed by atoms with van der Waals surface area (Å²) in [5.41, 5.74) is 1.19. The van der Waals surface area contributed by atoms with Crippen molar-refractivity contribution >= 4 is 0 Å². The van der Waals surface area contributed by atoms with E-state index in [2.05, 4.69) is 12.1 Å². The maximum atomic E-state index is 13.1. The first kappa shape index (κ1) is 10.6. The second-order valence-electron chi connectivity index (χ2n) is 3.28. The fraction of sp³-hybridized carbons (Fsp3) is 0.0769. The SMILES string of the molecule is Cc1ccc(F)cc1[I+]c1ccccc1. The molecule has 0 fully saturated rings. The van der Waals surface area contributed by atoms with Crippen molar-refractivity contribution in [2.24, 2.45) is 0 Å². The Morgan fingerprint density at radius 3 is 2.47 bits per heavy atom. The third kappa shape index (κ3) is 2.78. The summed E-state index contributed by atoms with van der Waals surface area (Å²) in [6.07, 6.45) is 0. The van der Waals surface area contributed by atoms with Crippen LogP contribution < -0.4 is 21.2 Å². The summed E-state index contributed by atoms with van der Waals surface area (Å²) in [6, 6.07) is 15.3. The Bertz CT molecular complexity index is 451. The number of hydrogen-bond donors (Lipinski definition) is 0. The zero-order chi connectivity index (χ0) is 10.7. The number of benzene rings is 2. The van der Waals surface area contributed by atoms with Gasteiger partial charge in [0.15, 0.2) is 7.14 Å². The van der Waals surface area contributed by atoms with Gasteiger partial charge in [-0.15, -0.1) is 0 Å². The molecule has 15 heavy (non-hydrogen) atoms. The van der Waals surface area contributed by atoms with Crippen molar-refractivity contribution in [2.75, 3.05) is 0 Å². The molecule has 0 aliphatic rings. The van der Waals surface area contributed by atoms with E-state index in [0.29, 0.717) is 0 Å². The van der Waals surface area contributed by atoms with Crippen LogP contribution in [0.1, 0.15) is 5.56 Å². The van der Waals surface area contributed by atoms with E-state index < -0.39 is 0 Å². The van der Waals surface area contributed by atoms with Gasteiger partial charge in [-0.05, 0) is 25.1 Å². The maximum absolute atomic E-state index is 13.1. The molecule has 0 radical (unpaired) electrons. The van der Waals surface area contributed by atoms with Gasteiger partial charge < -0.3 is 0 Å². The Kier molecular flexibility index (Phi) is 3.36. The Hall–Kier alpha value is -0.900. The largest absolute Gasteiger partial charge is 0.358 e. The van der Waals surface area contributed by atoms with Crippen LogP contribution in [-0.4, -0.2) is 0 Å². The third-order valence-corrected chi connectivity index (χ3v) is 5.16. The Labute approximate surface area is 99.4 Å². The predicted molar refractivity (Wildman–Crippen MR) is 55.0 cm³/mol. The zero-order valence-corrected chi connectivity index (χ0v) is 10.5. The monoisotopic (exact) mass is 313 g/mol. The summed E-state index contributed by atoms with van der Waals surface area (Å²) >= 11 is -0.250. The lowest BCUT2D eigenvalue weighted by molar-refractivity contribution is -0.598. The van der Waals surface area contributed by atoms with E-state index in [4.69, 9.17) is 0 Å². The lowest BCUT2D eigenvalue weighted by atomic mass is 10.2. The van der Waals surface area contributed by atoms with Gasteiger partial charge in [0.2, 0.25) is 0 Å². The maximum Gasteiger partial charge on any atom is 0.358 e. The van der Waals surface area contributed by atoms with E-state index in [0.717, 1.165) is 0 Å². The summed E-state index contributed by atoms with van der Waals surface area (Å²) in [5.74, 6) is -0.133. The van der Waals surface area contributed by atoms with Gasteiger partial charge in [-0.25, -0.2) is 4.39 Å². The van der Waals surface area contributed by atoms with Gasteiger partial charge in [0.25, 0.3) is 0 Å². The van der Waals surface area contributed by atoms with Crippen LogP contribution in [0, 0.1) is 19.9 Å². The van der Waals surface area contributed by atoms with E-state index in [-0.39, 0.29) is 27.0 Å². The van der Waals surface area contributed by atoms with Gasteiger partial charge >= 0.3 is 21.2 Å². The molecule has 0 N–H and O–H groups in total. The lowest BCUT2D eigenvalue weighted by Gasteiger charge is -1.93. The van der Waals surface area contributed by atoms with Gasteiger partial charge in [-0.3, -0.25) is 0 Å². The summed E-state index contributed by atoms with van der Waals surface area (Å²) in [7, 11) is 0. The molecule has 0 nitrogen and oxygen atoms in total. The second kappa shape index (κ2) is 4.75. The van der Waals surface area contributed by atoms with Crippen LogP contribution in [0.2, 0.25) is 0 Å². The summed E-state index contributed by atoms with van der Waals surface area (Å²) in [5, 5.41) is 0. The van der Waals surface area contributed by atoms with Crippen molar-refractivity contribution in [3.8, 4) is 0 Å². The number of aryl methyl sites for hydroxylation is 1. The minimum atomic E-state index is -0.250. The van der Waals surface area contributed by atoms with Gasteiger partial charge in [0, 0.05) is 11.6 Å². The topological polar surface area (TPSA) is 0 Å². The molecule has 0 atom stereocenters. The highest BCUT2D eigenvalue weighted by Gasteiger charge is 2.18. The third-order valence-electron chi connectivity index (χ3n) is 2.08. The van der Waals surface area contributed by atoms with Crippen LogP contribution in [0.4, 0.5) is 4.39 Å². The van der Waals surface area contributed by atoms with Crippen molar-refractivity contribution in [3.05, 3.63) is 67.1 Å². The number of hydrogen-bond acceptors (Lipinski definition) is 0. The van der Waals surface area contributed by atoms with E-state index in [9.17, 15) is 4.39 Å². The number of rotatable bonds is 2. The molecule has 2 rings (SSSR count). The van der Waals surface area contributed by atoms with E-state index in [1.165, 1.54) is 18.8 Å². The van der Waals surface area contributed by atoms with Gasteiger partial charge in [-0.1, -0.05) is 24.3 Å². The first-order valence-corrected chi connectivity index (χ1v) is 6.87.